The van der Waals surface area contributed by atoms with E-state index < -0.39 is 5.97 Å². The smallest absolute Gasteiger partial charge is 0.303 e. The molecule has 0 aliphatic heterocycles. The standard InChI is InChI=1S/C15H16N2O3/c18-14(6-1-2-7-15(19)20)17-13-5-3-4-11-8-9-16-10-12(11)13/h3-5,8-10H,1-2,6-7H2,(H,17,18)(H,19,20). The number of unbranched alkanes of at least 4 members (excludes halogenated alkanes) is 1. The Hall–Kier alpha value is -2.43. The van der Waals surface area contributed by atoms with E-state index in [0.29, 0.717) is 19.3 Å². The maximum Gasteiger partial charge on any atom is 0.303 e. The zero-order valence-corrected chi connectivity index (χ0v) is 11.0. The summed E-state index contributed by atoms with van der Waals surface area (Å²) in [7, 11) is 0. The number of rotatable bonds is 6. The number of carboxylic acids is 1. The minimum atomic E-state index is -0.828. The molecule has 0 unspecified atom stereocenters. The Bertz CT molecular complexity index is 620. The molecule has 0 fully saturated rings. The van der Waals surface area contributed by atoms with Crippen molar-refractivity contribution in [1.82, 2.24) is 4.98 Å². The number of carbonyl (C=O) groups excluding carboxylic acids is 1. The van der Waals surface area contributed by atoms with Gasteiger partial charge in [0.25, 0.3) is 0 Å². The minimum absolute atomic E-state index is 0.103. The average Bonchev–Trinajstić information content (AvgIpc) is 2.44. The largest absolute Gasteiger partial charge is 0.481 e. The van der Waals surface area contributed by atoms with Gasteiger partial charge in [-0.15, -0.1) is 0 Å². The lowest BCUT2D eigenvalue weighted by Crippen LogP contribution is -2.11. The maximum absolute atomic E-state index is 11.8. The van der Waals surface area contributed by atoms with Crippen LogP contribution in [-0.4, -0.2) is 22.0 Å². The first kappa shape index (κ1) is 14.0. The van der Waals surface area contributed by atoms with Gasteiger partial charge in [0.15, 0.2) is 0 Å². The van der Waals surface area contributed by atoms with Crippen molar-refractivity contribution in [3.8, 4) is 0 Å². The molecule has 2 N–H and O–H groups in total. The van der Waals surface area contributed by atoms with Gasteiger partial charge in [0.2, 0.25) is 5.91 Å². The molecule has 0 aliphatic carbocycles. The van der Waals surface area contributed by atoms with Crippen molar-refractivity contribution in [2.45, 2.75) is 25.7 Å². The molecule has 0 radical (unpaired) electrons. The van der Waals surface area contributed by atoms with Crippen LogP contribution in [0, 0.1) is 0 Å². The molecule has 104 valence electrons. The van der Waals surface area contributed by atoms with Crippen molar-refractivity contribution in [1.29, 1.82) is 0 Å². The quantitative estimate of drug-likeness (QED) is 0.792. The first-order chi connectivity index (χ1) is 9.66. The minimum Gasteiger partial charge on any atom is -0.481 e. The highest BCUT2D eigenvalue weighted by atomic mass is 16.4. The number of hydrogen-bond donors (Lipinski definition) is 2. The predicted molar refractivity (Wildman–Crippen MR) is 76.5 cm³/mol. The van der Waals surface area contributed by atoms with Crippen LogP contribution in [0.5, 0.6) is 0 Å². The Morgan fingerprint density at radius 1 is 1.15 bits per heavy atom. The van der Waals surface area contributed by atoms with Crippen LogP contribution >= 0.6 is 0 Å². The average molecular weight is 272 g/mol. The third-order valence-corrected chi connectivity index (χ3v) is 3.00. The number of anilines is 1. The van der Waals surface area contributed by atoms with Gasteiger partial charge in [-0.1, -0.05) is 12.1 Å². The summed E-state index contributed by atoms with van der Waals surface area (Å²) in [6.45, 7) is 0. The number of amides is 1. The maximum atomic E-state index is 11.8. The van der Waals surface area contributed by atoms with Crippen molar-refractivity contribution in [3.63, 3.8) is 0 Å². The van der Waals surface area contributed by atoms with Crippen LogP contribution in [0.3, 0.4) is 0 Å². The lowest BCUT2D eigenvalue weighted by Gasteiger charge is -2.08. The normalized spacial score (nSPS) is 10.4. The van der Waals surface area contributed by atoms with E-state index in [2.05, 4.69) is 10.3 Å². The number of nitrogens with one attached hydrogen (secondary N) is 1. The summed E-state index contributed by atoms with van der Waals surface area (Å²) in [5.74, 6) is -0.933. The van der Waals surface area contributed by atoms with E-state index >= 15 is 0 Å². The summed E-state index contributed by atoms with van der Waals surface area (Å²) in [6, 6.07) is 7.55. The second-order valence-corrected chi connectivity index (χ2v) is 4.55. The number of aliphatic carboxylic acids is 1. The molecule has 2 aromatic rings. The summed E-state index contributed by atoms with van der Waals surface area (Å²) >= 11 is 0. The summed E-state index contributed by atoms with van der Waals surface area (Å²) in [5.41, 5.74) is 0.735. The van der Waals surface area contributed by atoms with Crippen LogP contribution < -0.4 is 5.32 Å². The van der Waals surface area contributed by atoms with Crippen molar-refractivity contribution in [3.05, 3.63) is 36.7 Å². The highest BCUT2D eigenvalue weighted by Crippen LogP contribution is 2.22. The molecule has 1 heterocycles. The monoisotopic (exact) mass is 272 g/mol. The number of nitrogens with zero attached hydrogens (tertiary/aromatic N) is 1. The fourth-order valence-electron chi connectivity index (χ4n) is 2.00. The van der Waals surface area contributed by atoms with Gasteiger partial charge in [0.05, 0.1) is 5.69 Å². The zero-order valence-electron chi connectivity index (χ0n) is 11.0. The Balaban J connectivity index is 1.94. The third-order valence-electron chi connectivity index (χ3n) is 3.00. The molecule has 5 nitrogen and oxygen atoms in total. The molecule has 0 bridgehead atoms. The van der Waals surface area contributed by atoms with Gasteiger partial charge < -0.3 is 10.4 Å². The zero-order chi connectivity index (χ0) is 14.4. The Morgan fingerprint density at radius 2 is 1.95 bits per heavy atom. The summed E-state index contributed by atoms with van der Waals surface area (Å²) in [4.78, 5) is 26.3. The van der Waals surface area contributed by atoms with E-state index in [9.17, 15) is 9.59 Å². The van der Waals surface area contributed by atoms with E-state index in [1.165, 1.54) is 0 Å². The fourth-order valence-corrected chi connectivity index (χ4v) is 2.00. The van der Waals surface area contributed by atoms with Gasteiger partial charge >= 0.3 is 5.97 Å². The number of pyridine rings is 1. The van der Waals surface area contributed by atoms with Crippen LogP contribution in [0.1, 0.15) is 25.7 Å². The number of hydrogen-bond acceptors (Lipinski definition) is 3. The number of carboxylic acid groups (broad SMARTS) is 1. The van der Waals surface area contributed by atoms with Gasteiger partial charge in [-0.05, 0) is 30.4 Å². The van der Waals surface area contributed by atoms with Crippen LogP contribution in [-0.2, 0) is 9.59 Å². The van der Waals surface area contributed by atoms with Crippen molar-refractivity contribution in [2.24, 2.45) is 0 Å². The van der Waals surface area contributed by atoms with Gasteiger partial charge in [0.1, 0.15) is 0 Å². The molecule has 20 heavy (non-hydrogen) atoms. The van der Waals surface area contributed by atoms with Gasteiger partial charge in [-0.25, -0.2) is 0 Å². The van der Waals surface area contributed by atoms with Crippen molar-refractivity contribution >= 4 is 28.3 Å². The Morgan fingerprint density at radius 3 is 2.75 bits per heavy atom. The molecule has 0 atom stereocenters. The first-order valence-electron chi connectivity index (χ1n) is 6.51. The van der Waals surface area contributed by atoms with E-state index in [-0.39, 0.29) is 12.3 Å². The van der Waals surface area contributed by atoms with Crippen LogP contribution in [0.15, 0.2) is 36.7 Å². The van der Waals surface area contributed by atoms with E-state index in [0.717, 1.165) is 16.5 Å². The highest BCUT2D eigenvalue weighted by Gasteiger charge is 2.06. The summed E-state index contributed by atoms with van der Waals surface area (Å²) in [6.07, 6.45) is 4.94. The Labute approximate surface area is 116 Å². The third kappa shape index (κ3) is 3.78. The molecule has 1 aromatic carbocycles. The number of aromatic nitrogens is 1. The fraction of sp³-hybridized carbons (Fsp3) is 0.267. The van der Waals surface area contributed by atoms with Crippen LogP contribution in [0.25, 0.3) is 10.8 Å². The van der Waals surface area contributed by atoms with E-state index in [1.54, 1.807) is 12.4 Å². The molecule has 5 heteroatoms. The number of benzene rings is 1. The lowest BCUT2D eigenvalue weighted by molar-refractivity contribution is -0.137. The molecule has 2 rings (SSSR count). The molecular formula is C15H16N2O3. The summed E-state index contributed by atoms with van der Waals surface area (Å²) < 4.78 is 0. The summed E-state index contributed by atoms with van der Waals surface area (Å²) in [5, 5.41) is 13.3. The second-order valence-electron chi connectivity index (χ2n) is 4.55. The first-order valence-corrected chi connectivity index (χ1v) is 6.51. The van der Waals surface area contributed by atoms with Gasteiger partial charge in [0, 0.05) is 30.6 Å². The van der Waals surface area contributed by atoms with Crippen molar-refractivity contribution < 1.29 is 14.7 Å². The van der Waals surface area contributed by atoms with Crippen molar-refractivity contribution in [2.75, 3.05) is 5.32 Å². The molecule has 1 aromatic heterocycles. The topological polar surface area (TPSA) is 79.3 Å². The molecule has 0 aliphatic rings. The van der Waals surface area contributed by atoms with Crippen LogP contribution in [0.4, 0.5) is 5.69 Å². The highest BCUT2D eigenvalue weighted by molar-refractivity contribution is 6.01. The molecule has 0 spiro atoms. The van der Waals surface area contributed by atoms with E-state index in [4.69, 9.17) is 5.11 Å². The van der Waals surface area contributed by atoms with Gasteiger partial charge in [-0.2, -0.15) is 0 Å². The number of carbonyl (C=O) groups is 2. The number of fused-ring (bicyclic) bond motifs is 1. The SMILES string of the molecule is O=C(O)CCCCC(=O)Nc1cccc2ccncc12. The predicted octanol–water partition coefficient (Wildman–Crippen LogP) is 2.82. The molecule has 0 saturated carbocycles. The second kappa shape index (κ2) is 6.65. The molecular weight excluding hydrogens is 256 g/mol. The molecule has 0 saturated heterocycles. The molecule has 1 amide bonds. The Kier molecular flexibility index (Phi) is 4.65. The van der Waals surface area contributed by atoms with Gasteiger partial charge in [-0.3, -0.25) is 14.6 Å². The lowest BCUT2D eigenvalue weighted by atomic mass is 10.1. The van der Waals surface area contributed by atoms with Crippen LogP contribution in [0.2, 0.25) is 0 Å². The van der Waals surface area contributed by atoms with E-state index in [1.807, 2.05) is 24.3 Å².